The number of anilines is 2. The molecule has 0 bridgehead atoms. The van der Waals surface area contributed by atoms with Gasteiger partial charge in [-0.25, -0.2) is 4.98 Å². The summed E-state index contributed by atoms with van der Waals surface area (Å²) in [6, 6.07) is 3.80. The Morgan fingerprint density at radius 2 is 2.15 bits per heavy atom. The summed E-state index contributed by atoms with van der Waals surface area (Å²) < 4.78 is 14.3. The molecule has 0 saturated heterocycles. The Hall–Kier alpha value is -2.97. The van der Waals surface area contributed by atoms with Crippen molar-refractivity contribution >= 4 is 46.2 Å². The first kappa shape index (κ1) is 24.2. The Bertz CT molecular complexity index is 1240. The second-order valence-corrected chi connectivity index (χ2v) is 9.27. The number of hydrogen-bond acceptors (Lipinski definition) is 8. The highest BCUT2D eigenvalue weighted by atomic mass is 16.5. The van der Waals surface area contributed by atoms with Gasteiger partial charge in [-0.2, -0.15) is 10.2 Å². The van der Waals surface area contributed by atoms with E-state index in [9.17, 15) is 10.4 Å². The normalized spacial score (nSPS) is 20.5. The molecule has 0 aromatic carbocycles. The zero-order valence-corrected chi connectivity index (χ0v) is 19.6. The van der Waals surface area contributed by atoms with E-state index >= 15 is 0 Å². The number of methoxy groups -OCH3 is 1. The number of rotatable bonds is 8. The Labute approximate surface area is 201 Å². The highest BCUT2D eigenvalue weighted by Crippen LogP contribution is 2.44. The third kappa shape index (κ3) is 4.28. The van der Waals surface area contributed by atoms with Crippen LogP contribution in [-0.2, 0) is 9.97 Å². The lowest BCUT2D eigenvalue weighted by molar-refractivity contribution is -0.135. The van der Waals surface area contributed by atoms with Gasteiger partial charge in [-0.05, 0) is 18.2 Å². The van der Waals surface area contributed by atoms with Gasteiger partial charge in [-0.15, -0.1) is 5.10 Å². The number of aliphatic hydroxyl groups is 1. The molecular formula is C21H24B3N7O3. The van der Waals surface area contributed by atoms with Gasteiger partial charge < -0.3 is 24.5 Å². The number of aliphatic hydroxyl groups excluding tert-OH is 1. The summed E-state index contributed by atoms with van der Waals surface area (Å²) in [5.74, 6) is 0.440. The van der Waals surface area contributed by atoms with Crippen LogP contribution in [0.3, 0.4) is 0 Å². The van der Waals surface area contributed by atoms with Crippen LogP contribution in [-0.4, -0.2) is 78.9 Å². The van der Waals surface area contributed by atoms with E-state index in [1.54, 1.807) is 23.9 Å². The van der Waals surface area contributed by atoms with Crippen LogP contribution in [0.4, 0.5) is 11.6 Å². The number of nitrogens with one attached hydrogen (secondary N) is 1. The molecular weight excluding hydrogens is 431 g/mol. The minimum Gasteiger partial charge on any atom is -0.471 e. The summed E-state index contributed by atoms with van der Waals surface area (Å²) >= 11 is 0. The van der Waals surface area contributed by atoms with E-state index in [1.165, 1.54) is 10.9 Å². The lowest BCUT2D eigenvalue weighted by atomic mass is 9.49. The van der Waals surface area contributed by atoms with E-state index in [2.05, 4.69) is 26.5 Å². The van der Waals surface area contributed by atoms with Crippen molar-refractivity contribution < 1.29 is 14.6 Å². The predicted octanol–water partition coefficient (Wildman–Crippen LogP) is 1.06. The highest BCUT2D eigenvalue weighted by molar-refractivity contribution is 6.56. The Kier molecular flexibility index (Phi) is 6.16. The van der Waals surface area contributed by atoms with Crippen LogP contribution < -0.4 is 10.1 Å². The molecule has 0 aliphatic heterocycles. The van der Waals surface area contributed by atoms with Gasteiger partial charge >= 0.3 is 0 Å². The second kappa shape index (κ2) is 8.67. The topological polar surface area (TPSA) is 123 Å². The molecule has 1 fully saturated rings. The molecule has 1 aliphatic rings. The fraction of sp³-hybridized carbons (Fsp3) is 0.524. The molecule has 6 radical (unpaired) electrons. The summed E-state index contributed by atoms with van der Waals surface area (Å²) in [5.41, 5.74) is 0.967. The molecule has 3 aromatic rings. The van der Waals surface area contributed by atoms with Crippen LogP contribution in [0.2, 0.25) is 0 Å². The minimum absolute atomic E-state index is 0.124. The SMILES string of the molecule is [B]C([B])([B])n1cc(Nc2ncc3cc(C#N)n([C@@H](C)COC)c3n2)c(OC2CC(O)C2(C)C)n1. The van der Waals surface area contributed by atoms with Crippen molar-refractivity contribution in [3.63, 3.8) is 0 Å². The molecule has 4 rings (SSSR count). The monoisotopic (exact) mass is 455 g/mol. The van der Waals surface area contributed by atoms with Crippen molar-refractivity contribution in [2.45, 2.75) is 50.7 Å². The fourth-order valence-electron chi connectivity index (χ4n) is 3.96. The summed E-state index contributed by atoms with van der Waals surface area (Å²) in [6.07, 6.45) is 2.83. The summed E-state index contributed by atoms with van der Waals surface area (Å²) in [4.78, 5) is 8.98. The number of fused-ring (bicyclic) bond motifs is 1. The van der Waals surface area contributed by atoms with E-state index in [0.717, 1.165) is 0 Å². The minimum atomic E-state index is -1.76. The molecule has 1 saturated carbocycles. The molecule has 3 aromatic heterocycles. The van der Waals surface area contributed by atoms with Crippen LogP contribution in [0.1, 0.15) is 38.9 Å². The van der Waals surface area contributed by atoms with E-state index in [0.29, 0.717) is 35.4 Å². The van der Waals surface area contributed by atoms with E-state index in [4.69, 9.17) is 33.0 Å². The van der Waals surface area contributed by atoms with Crippen molar-refractivity contribution in [2.75, 3.05) is 19.0 Å². The molecule has 2 unspecified atom stereocenters. The van der Waals surface area contributed by atoms with Crippen LogP contribution >= 0.6 is 0 Å². The molecule has 10 nitrogen and oxygen atoms in total. The maximum Gasteiger partial charge on any atom is 0.257 e. The summed E-state index contributed by atoms with van der Waals surface area (Å²) in [6.45, 7) is 6.17. The Morgan fingerprint density at radius 1 is 1.41 bits per heavy atom. The molecule has 34 heavy (non-hydrogen) atoms. The first-order valence-electron chi connectivity index (χ1n) is 10.8. The van der Waals surface area contributed by atoms with Gasteiger partial charge in [0.2, 0.25) is 5.95 Å². The zero-order chi connectivity index (χ0) is 24.8. The summed E-state index contributed by atoms with van der Waals surface area (Å²) in [5, 5.41) is 26.0. The molecule has 3 heterocycles. The lowest BCUT2D eigenvalue weighted by Crippen LogP contribution is -2.56. The maximum absolute atomic E-state index is 10.1. The van der Waals surface area contributed by atoms with E-state index in [1.807, 2.05) is 20.8 Å². The first-order valence-corrected chi connectivity index (χ1v) is 10.8. The van der Waals surface area contributed by atoms with Gasteiger partial charge in [0.1, 0.15) is 29.2 Å². The summed E-state index contributed by atoms with van der Waals surface area (Å²) in [7, 11) is 19.0. The van der Waals surface area contributed by atoms with E-state index < -0.39 is 16.8 Å². The fourth-order valence-corrected chi connectivity index (χ4v) is 3.96. The predicted molar refractivity (Wildman–Crippen MR) is 128 cm³/mol. The third-order valence-electron chi connectivity index (χ3n) is 6.24. The van der Waals surface area contributed by atoms with Crippen molar-refractivity contribution in [3.8, 4) is 11.9 Å². The van der Waals surface area contributed by atoms with Gasteiger partial charge in [0.25, 0.3) is 5.88 Å². The van der Waals surface area contributed by atoms with Crippen LogP contribution in [0.15, 0.2) is 18.5 Å². The maximum atomic E-state index is 10.1. The number of ether oxygens (including phenoxy) is 2. The second-order valence-electron chi connectivity index (χ2n) is 9.27. The standard InChI is InChI=1S/C21H24B3N7O3/c1-11(10-33-4)31-13(7-25)5-12-8-26-19(28-17(12)31)27-14-9-30(21(22,23)24)29-18(14)34-16-6-15(32)20(16,2)3/h5,8-9,11,15-16,32H,6,10H2,1-4H3,(H,26,27,28)/t11-,15?,16?/m0/s1. The van der Waals surface area contributed by atoms with Crippen LogP contribution in [0, 0.1) is 16.7 Å². The smallest absolute Gasteiger partial charge is 0.257 e. The van der Waals surface area contributed by atoms with Gasteiger partial charge in [0.15, 0.2) is 0 Å². The first-order chi connectivity index (χ1) is 16.0. The molecule has 2 N–H and O–H groups in total. The molecule has 0 amide bonds. The average Bonchev–Trinajstić information content (AvgIpc) is 3.34. The van der Waals surface area contributed by atoms with Crippen LogP contribution in [0.25, 0.3) is 11.0 Å². The highest BCUT2D eigenvalue weighted by Gasteiger charge is 2.49. The largest absolute Gasteiger partial charge is 0.471 e. The van der Waals surface area contributed by atoms with Crippen molar-refractivity contribution in [1.82, 2.24) is 24.3 Å². The van der Waals surface area contributed by atoms with Gasteiger partial charge in [0, 0.05) is 30.5 Å². The number of aromatic nitrogens is 5. The van der Waals surface area contributed by atoms with Crippen molar-refractivity contribution in [3.05, 3.63) is 24.2 Å². The lowest BCUT2D eigenvalue weighted by Gasteiger charge is -2.48. The van der Waals surface area contributed by atoms with E-state index in [-0.39, 0.29) is 24.0 Å². The van der Waals surface area contributed by atoms with Gasteiger partial charge in [-0.1, -0.05) is 13.8 Å². The van der Waals surface area contributed by atoms with Gasteiger partial charge in [-0.3, -0.25) is 4.68 Å². The number of nitriles is 1. The average molecular weight is 455 g/mol. The Morgan fingerprint density at radius 3 is 2.74 bits per heavy atom. The van der Waals surface area contributed by atoms with Crippen molar-refractivity contribution in [2.24, 2.45) is 5.41 Å². The molecule has 1 aliphatic carbocycles. The van der Waals surface area contributed by atoms with Gasteiger partial charge in [0.05, 0.1) is 48.5 Å². The third-order valence-corrected chi connectivity index (χ3v) is 6.24. The van der Waals surface area contributed by atoms with Crippen LogP contribution in [0.5, 0.6) is 5.88 Å². The zero-order valence-electron chi connectivity index (χ0n) is 19.6. The molecule has 170 valence electrons. The Balaban J connectivity index is 1.70. The molecule has 0 spiro atoms. The number of hydrogen-bond donors (Lipinski definition) is 2. The molecule has 3 atom stereocenters. The molecule has 13 heteroatoms. The number of nitrogens with zero attached hydrogens (tertiary/aromatic N) is 6. The quantitative estimate of drug-likeness (QED) is 0.484. The van der Waals surface area contributed by atoms with Crippen molar-refractivity contribution in [1.29, 1.82) is 5.26 Å².